The molecule has 178 valence electrons. The molecule has 0 radical (unpaired) electrons. The lowest BCUT2D eigenvalue weighted by atomic mass is 9.73. The fourth-order valence-electron chi connectivity index (χ4n) is 5.38. The molecule has 2 aromatic rings. The van der Waals surface area contributed by atoms with E-state index in [9.17, 15) is 4.79 Å². The smallest absolute Gasteiger partial charge is 0.258 e. The summed E-state index contributed by atoms with van der Waals surface area (Å²) in [6.07, 6.45) is 3.89. The predicted molar refractivity (Wildman–Crippen MR) is 124 cm³/mol. The van der Waals surface area contributed by atoms with Gasteiger partial charge in [0, 0.05) is 44.7 Å². The molecule has 34 heavy (non-hydrogen) atoms. The highest BCUT2D eigenvalue weighted by Gasteiger charge is 2.49. The van der Waals surface area contributed by atoms with Gasteiger partial charge in [-0.25, -0.2) is 9.37 Å². The van der Waals surface area contributed by atoms with Gasteiger partial charge in [-0.15, -0.1) is 0 Å². The van der Waals surface area contributed by atoms with Crippen LogP contribution >= 0.6 is 0 Å². The van der Waals surface area contributed by atoms with E-state index in [4.69, 9.17) is 10.00 Å². The molecule has 0 aliphatic carbocycles. The lowest BCUT2D eigenvalue weighted by Gasteiger charge is -2.52. The number of amides is 1. The van der Waals surface area contributed by atoms with Gasteiger partial charge in [0.25, 0.3) is 5.91 Å². The van der Waals surface area contributed by atoms with E-state index in [1.165, 1.54) is 0 Å². The summed E-state index contributed by atoms with van der Waals surface area (Å²) >= 11 is 0. The first-order valence-electron chi connectivity index (χ1n) is 11.9. The molecule has 1 unspecified atom stereocenters. The third-order valence-corrected chi connectivity index (χ3v) is 7.51. The lowest BCUT2D eigenvalue weighted by Crippen LogP contribution is -2.68. The Morgan fingerprint density at radius 2 is 1.88 bits per heavy atom. The predicted octanol–water partition coefficient (Wildman–Crippen LogP) is 3.05. The Kier molecular flexibility index (Phi) is 5.86. The van der Waals surface area contributed by atoms with Gasteiger partial charge in [0.15, 0.2) is 5.67 Å². The number of aromatic nitrogens is 2. The van der Waals surface area contributed by atoms with Crippen molar-refractivity contribution >= 4 is 11.9 Å². The standard InChI is InChI=1S/C25H29FN6O2/c1-24(17-31-12-7-19(24)8-13-31)30-22(33)25(26)9-14-32(15-10-25)23-28-11-6-21(29-23)34-20-4-2-18(16-27)3-5-20/h2-6,11,19H,7-10,12-15,17H2,1H3,(H,30,33). The maximum Gasteiger partial charge on any atom is 0.258 e. The Morgan fingerprint density at radius 3 is 2.50 bits per heavy atom. The number of carbonyl (C=O) groups is 1. The SMILES string of the molecule is CC1(NC(=O)C2(F)CCN(c3nccc(Oc4ccc(C#N)cc4)n3)CC2)CN2CCC1CC2. The molecule has 4 fully saturated rings. The average Bonchev–Trinajstić information content (AvgIpc) is 2.85. The molecular formula is C25H29FN6O2. The summed E-state index contributed by atoms with van der Waals surface area (Å²) in [6, 6.07) is 10.5. The summed E-state index contributed by atoms with van der Waals surface area (Å²) in [5.74, 6) is 1.29. The maximum atomic E-state index is 15.7. The molecule has 6 rings (SSSR count). The van der Waals surface area contributed by atoms with E-state index in [0.29, 0.717) is 42.1 Å². The van der Waals surface area contributed by atoms with E-state index in [1.54, 1.807) is 36.5 Å². The highest BCUT2D eigenvalue weighted by atomic mass is 19.1. The number of nitrogens with one attached hydrogen (secondary N) is 1. The van der Waals surface area contributed by atoms with Crippen molar-refractivity contribution in [1.29, 1.82) is 5.26 Å². The second-order valence-corrected chi connectivity index (χ2v) is 9.81. The van der Waals surface area contributed by atoms with Crippen LogP contribution in [0.15, 0.2) is 36.5 Å². The molecule has 1 aromatic carbocycles. The number of anilines is 1. The third kappa shape index (κ3) is 4.42. The summed E-state index contributed by atoms with van der Waals surface area (Å²) in [7, 11) is 0. The maximum absolute atomic E-state index is 15.7. The molecule has 5 heterocycles. The molecular weight excluding hydrogens is 435 g/mol. The zero-order valence-electron chi connectivity index (χ0n) is 19.3. The van der Waals surface area contributed by atoms with E-state index in [0.717, 1.165) is 32.5 Å². The second kappa shape index (κ2) is 8.84. The monoisotopic (exact) mass is 464 g/mol. The van der Waals surface area contributed by atoms with Gasteiger partial charge >= 0.3 is 0 Å². The topological polar surface area (TPSA) is 94.4 Å². The van der Waals surface area contributed by atoms with Crippen LogP contribution in [0.3, 0.4) is 0 Å². The normalized spacial score (nSPS) is 27.6. The van der Waals surface area contributed by atoms with Crippen LogP contribution in [0.1, 0.15) is 38.2 Å². The number of rotatable bonds is 5. The van der Waals surface area contributed by atoms with Crippen LogP contribution in [-0.2, 0) is 4.79 Å². The first-order chi connectivity index (χ1) is 16.4. The molecule has 4 aliphatic rings. The average molecular weight is 465 g/mol. The second-order valence-electron chi connectivity index (χ2n) is 9.81. The van der Waals surface area contributed by atoms with Crippen molar-refractivity contribution in [2.75, 3.05) is 37.6 Å². The van der Waals surface area contributed by atoms with E-state index in [2.05, 4.69) is 33.2 Å². The highest BCUT2D eigenvalue weighted by molar-refractivity contribution is 5.86. The number of halogens is 1. The number of nitriles is 1. The van der Waals surface area contributed by atoms with E-state index in [-0.39, 0.29) is 18.4 Å². The zero-order chi connectivity index (χ0) is 23.8. The first-order valence-corrected chi connectivity index (χ1v) is 11.9. The van der Waals surface area contributed by atoms with E-state index < -0.39 is 11.6 Å². The van der Waals surface area contributed by atoms with Crippen LogP contribution in [0, 0.1) is 17.2 Å². The van der Waals surface area contributed by atoms with Crippen molar-refractivity contribution in [3.8, 4) is 17.7 Å². The molecule has 4 saturated heterocycles. The first kappa shape index (κ1) is 22.5. The van der Waals surface area contributed by atoms with E-state index >= 15 is 4.39 Å². The van der Waals surface area contributed by atoms with Crippen LogP contribution in [-0.4, -0.2) is 64.7 Å². The van der Waals surface area contributed by atoms with Gasteiger partial charge in [0.05, 0.1) is 17.2 Å². The van der Waals surface area contributed by atoms with Gasteiger partial charge in [-0.1, -0.05) is 0 Å². The molecule has 0 saturated carbocycles. The van der Waals surface area contributed by atoms with Crippen molar-refractivity contribution in [3.63, 3.8) is 0 Å². The Morgan fingerprint density at radius 1 is 1.18 bits per heavy atom. The summed E-state index contributed by atoms with van der Waals surface area (Å²) in [5, 5.41) is 12.0. The molecule has 1 atom stereocenters. The largest absolute Gasteiger partial charge is 0.439 e. The Labute approximate surface area is 198 Å². The lowest BCUT2D eigenvalue weighted by molar-refractivity contribution is -0.139. The van der Waals surface area contributed by atoms with Crippen LogP contribution < -0.4 is 15.0 Å². The summed E-state index contributed by atoms with van der Waals surface area (Å²) < 4.78 is 21.5. The summed E-state index contributed by atoms with van der Waals surface area (Å²) in [6.45, 7) is 5.69. The fraction of sp³-hybridized carbons (Fsp3) is 0.520. The molecule has 8 nitrogen and oxygen atoms in total. The minimum atomic E-state index is -1.89. The van der Waals surface area contributed by atoms with Gasteiger partial charge in [-0.2, -0.15) is 10.2 Å². The van der Waals surface area contributed by atoms with Crippen LogP contribution in [0.25, 0.3) is 0 Å². The Balaban J connectivity index is 1.20. The summed E-state index contributed by atoms with van der Waals surface area (Å²) in [5.41, 5.74) is -1.70. The van der Waals surface area contributed by atoms with Crippen molar-refractivity contribution in [2.24, 2.45) is 5.92 Å². The number of hydrogen-bond acceptors (Lipinski definition) is 7. The number of benzene rings is 1. The van der Waals surface area contributed by atoms with Gasteiger partial charge in [0.1, 0.15) is 5.75 Å². The molecule has 1 N–H and O–H groups in total. The number of alkyl halides is 1. The van der Waals surface area contributed by atoms with Gasteiger partial charge in [-0.05, 0) is 63.0 Å². The Bertz CT molecular complexity index is 1090. The quantitative estimate of drug-likeness (QED) is 0.727. The number of fused-ring (bicyclic) bond motifs is 3. The number of carbonyl (C=O) groups excluding carboxylic acids is 1. The third-order valence-electron chi connectivity index (χ3n) is 7.51. The molecule has 4 aliphatic heterocycles. The minimum Gasteiger partial charge on any atom is -0.439 e. The molecule has 9 heteroatoms. The Hall–Kier alpha value is -3.25. The van der Waals surface area contributed by atoms with Crippen molar-refractivity contribution in [3.05, 3.63) is 42.1 Å². The van der Waals surface area contributed by atoms with E-state index in [1.807, 2.05) is 4.90 Å². The van der Waals surface area contributed by atoms with Crippen LogP contribution in [0.4, 0.5) is 10.3 Å². The van der Waals surface area contributed by atoms with Gasteiger partial charge in [-0.3, -0.25) is 4.79 Å². The van der Waals surface area contributed by atoms with Crippen molar-refractivity contribution in [1.82, 2.24) is 20.2 Å². The van der Waals surface area contributed by atoms with Crippen molar-refractivity contribution < 1.29 is 13.9 Å². The molecule has 1 amide bonds. The molecule has 0 spiro atoms. The number of hydrogen-bond donors (Lipinski definition) is 1. The van der Waals surface area contributed by atoms with Gasteiger partial charge < -0.3 is 19.9 Å². The number of ether oxygens (including phenoxy) is 1. The highest BCUT2D eigenvalue weighted by Crippen LogP contribution is 2.37. The zero-order valence-corrected chi connectivity index (χ0v) is 19.3. The van der Waals surface area contributed by atoms with Crippen LogP contribution in [0.2, 0.25) is 0 Å². The minimum absolute atomic E-state index is 0.0906. The molecule has 1 aromatic heterocycles. The number of piperidine rings is 4. The molecule has 2 bridgehead atoms. The van der Waals surface area contributed by atoms with Crippen LogP contribution in [0.5, 0.6) is 11.6 Å². The van der Waals surface area contributed by atoms with Crippen molar-refractivity contribution in [2.45, 2.75) is 43.8 Å². The number of nitrogens with zero attached hydrogens (tertiary/aromatic N) is 5. The van der Waals surface area contributed by atoms with Gasteiger partial charge in [0.2, 0.25) is 11.8 Å². The fourth-order valence-corrected chi connectivity index (χ4v) is 5.38. The summed E-state index contributed by atoms with van der Waals surface area (Å²) in [4.78, 5) is 26.0.